The van der Waals surface area contributed by atoms with Crippen LogP contribution < -0.4 is 5.32 Å². The fraction of sp³-hybridized carbons (Fsp3) is 0.588. The van der Waals surface area contributed by atoms with Gasteiger partial charge in [0.15, 0.2) is 0 Å². The van der Waals surface area contributed by atoms with E-state index in [-0.39, 0.29) is 17.7 Å². The summed E-state index contributed by atoms with van der Waals surface area (Å²) in [5, 5.41) is 22.5. The summed E-state index contributed by atoms with van der Waals surface area (Å²) in [7, 11) is 0. The standard InChI is InChI=1S/C17H24N2O3/c20-14-7-5-13(6-8-14)17(22)18-15-11-19(10-12-3-4-12)9-1-2-16(15)21/h5-8,12,15-16,20-21H,1-4,9-11H2,(H,18,22)/t15-,16+/m0/s1. The van der Waals surface area contributed by atoms with Crippen LogP contribution in [0.1, 0.15) is 36.0 Å². The van der Waals surface area contributed by atoms with E-state index in [1.807, 2.05) is 0 Å². The third kappa shape index (κ3) is 3.99. The zero-order chi connectivity index (χ0) is 15.5. The van der Waals surface area contributed by atoms with Gasteiger partial charge in [-0.05, 0) is 62.4 Å². The van der Waals surface area contributed by atoms with Crippen LogP contribution in [-0.2, 0) is 0 Å². The molecule has 0 bridgehead atoms. The van der Waals surface area contributed by atoms with Crippen LogP contribution in [0.4, 0.5) is 0 Å². The zero-order valence-corrected chi connectivity index (χ0v) is 12.7. The number of benzene rings is 1. The summed E-state index contributed by atoms with van der Waals surface area (Å²) in [6, 6.07) is 5.95. The minimum Gasteiger partial charge on any atom is -0.508 e. The highest BCUT2D eigenvalue weighted by atomic mass is 16.3. The van der Waals surface area contributed by atoms with Gasteiger partial charge in [0.25, 0.3) is 5.91 Å². The molecular formula is C17H24N2O3. The number of carbonyl (C=O) groups is 1. The summed E-state index contributed by atoms with van der Waals surface area (Å²) < 4.78 is 0. The van der Waals surface area contributed by atoms with Gasteiger partial charge in [0, 0.05) is 18.7 Å². The van der Waals surface area contributed by atoms with Crippen LogP contribution in [0.5, 0.6) is 5.75 Å². The molecule has 0 radical (unpaired) electrons. The lowest BCUT2D eigenvalue weighted by Gasteiger charge is -2.27. The summed E-state index contributed by atoms with van der Waals surface area (Å²) in [5.74, 6) is 0.752. The first-order chi connectivity index (χ1) is 10.6. The summed E-state index contributed by atoms with van der Waals surface area (Å²) in [6.07, 6.45) is 3.82. The summed E-state index contributed by atoms with van der Waals surface area (Å²) in [6.45, 7) is 2.79. The number of rotatable bonds is 4. The number of phenols is 1. The number of nitrogens with zero attached hydrogens (tertiary/aromatic N) is 1. The number of nitrogens with one attached hydrogen (secondary N) is 1. The monoisotopic (exact) mass is 304 g/mol. The lowest BCUT2D eigenvalue weighted by Crippen LogP contribution is -2.49. The van der Waals surface area contributed by atoms with Gasteiger partial charge in [0.1, 0.15) is 5.75 Å². The van der Waals surface area contributed by atoms with Crippen molar-refractivity contribution in [1.29, 1.82) is 0 Å². The number of aliphatic hydroxyl groups excluding tert-OH is 1. The quantitative estimate of drug-likeness (QED) is 0.785. The third-order valence-electron chi connectivity index (χ3n) is 4.55. The van der Waals surface area contributed by atoms with Crippen molar-refractivity contribution in [2.75, 3.05) is 19.6 Å². The van der Waals surface area contributed by atoms with Crippen molar-refractivity contribution in [3.8, 4) is 5.75 Å². The molecule has 5 heteroatoms. The molecule has 1 heterocycles. The number of aliphatic hydroxyl groups is 1. The van der Waals surface area contributed by atoms with Gasteiger partial charge in [0.2, 0.25) is 0 Å². The number of likely N-dealkylation sites (tertiary alicyclic amines) is 1. The van der Waals surface area contributed by atoms with E-state index in [0.717, 1.165) is 31.8 Å². The Morgan fingerprint density at radius 1 is 1.23 bits per heavy atom. The van der Waals surface area contributed by atoms with Crippen LogP contribution in [0.25, 0.3) is 0 Å². The van der Waals surface area contributed by atoms with Crippen molar-refractivity contribution in [1.82, 2.24) is 10.2 Å². The molecule has 1 aromatic rings. The number of carbonyl (C=O) groups excluding carboxylic acids is 1. The average molecular weight is 304 g/mol. The van der Waals surface area contributed by atoms with Gasteiger partial charge in [-0.2, -0.15) is 0 Å². The second-order valence-electron chi connectivity index (χ2n) is 6.54. The van der Waals surface area contributed by atoms with Crippen molar-refractivity contribution in [2.24, 2.45) is 5.92 Å². The highest BCUT2D eigenvalue weighted by Crippen LogP contribution is 2.30. The molecule has 2 atom stereocenters. The van der Waals surface area contributed by atoms with Gasteiger partial charge in [0.05, 0.1) is 12.1 Å². The average Bonchev–Trinajstić information content (AvgIpc) is 3.31. The van der Waals surface area contributed by atoms with E-state index in [1.54, 1.807) is 12.1 Å². The number of hydrogen-bond donors (Lipinski definition) is 3. The first kappa shape index (κ1) is 15.3. The van der Waals surface area contributed by atoms with E-state index in [2.05, 4.69) is 10.2 Å². The maximum atomic E-state index is 12.3. The zero-order valence-electron chi connectivity index (χ0n) is 12.7. The fourth-order valence-electron chi connectivity index (χ4n) is 3.05. The number of amides is 1. The van der Waals surface area contributed by atoms with Crippen molar-refractivity contribution >= 4 is 5.91 Å². The minimum atomic E-state index is -0.495. The van der Waals surface area contributed by atoms with Crippen molar-refractivity contribution in [3.05, 3.63) is 29.8 Å². The summed E-state index contributed by atoms with van der Waals surface area (Å²) in [5.41, 5.74) is 0.503. The molecule has 1 saturated carbocycles. The van der Waals surface area contributed by atoms with Crippen LogP contribution in [-0.4, -0.2) is 52.8 Å². The van der Waals surface area contributed by atoms with Gasteiger partial charge < -0.3 is 20.4 Å². The van der Waals surface area contributed by atoms with Gasteiger partial charge in [-0.15, -0.1) is 0 Å². The fourth-order valence-corrected chi connectivity index (χ4v) is 3.05. The molecule has 0 unspecified atom stereocenters. The van der Waals surface area contributed by atoms with Crippen LogP contribution in [0, 0.1) is 5.92 Å². The molecule has 120 valence electrons. The van der Waals surface area contributed by atoms with Crippen molar-refractivity contribution < 1.29 is 15.0 Å². The largest absolute Gasteiger partial charge is 0.508 e. The Morgan fingerprint density at radius 3 is 2.64 bits per heavy atom. The lowest BCUT2D eigenvalue weighted by atomic mass is 10.1. The van der Waals surface area contributed by atoms with E-state index >= 15 is 0 Å². The first-order valence-corrected chi connectivity index (χ1v) is 8.12. The molecule has 1 aliphatic heterocycles. The van der Waals surface area contributed by atoms with Gasteiger partial charge >= 0.3 is 0 Å². The summed E-state index contributed by atoms with van der Waals surface area (Å²) in [4.78, 5) is 14.7. The number of hydrogen-bond acceptors (Lipinski definition) is 4. The molecule has 3 N–H and O–H groups in total. The van der Waals surface area contributed by atoms with E-state index in [1.165, 1.54) is 25.0 Å². The Morgan fingerprint density at radius 2 is 1.95 bits per heavy atom. The molecule has 3 rings (SSSR count). The van der Waals surface area contributed by atoms with E-state index in [4.69, 9.17) is 0 Å². The van der Waals surface area contributed by atoms with Crippen LogP contribution >= 0.6 is 0 Å². The highest BCUT2D eigenvalue weighted by Gasteiger charge is 2.30. The second-order valence-corrected chi connectivity index (χ2v) is 6.54. The van der Waals surface area contributed by atoms with E-state index in [0.29, 0.717) is 12.1 Å². The highest BCUT2D eigenvalue weighted by molar-refractivity contribution is 5.94. The Labute approximate surface area is 130 Å². The van der Waals surface area contributed by atoms with Gasteiger partial charge in [-0.1, -0.05) is 0 Å². The van der Waals surface area contributed by atoms with Crippen LogP contribution in [0.3, 0.4) is 0 Å². The number of aromatic hydroxyl groups is 1. The Bertz CT molecular complexity index is 513. The third-order valence-corrected chi connectivity index (χ3v) is 4.55. The molecule has 2 fully saturated rings. The Hall–Kier alpha value is -1.59. The Kier molecular flexibility index (Phi) is 4.64. The number of phenolic OH excluding ortho intramolecular Hbond substituents is 1. The summed E-state index contributed by atoms with van der Waals surface area (Å²) >= 11 is 0. The van der Waals surface area contributed by atoms with E-state index in [9.17, 15) is 15.0 Å². The molecule has 1 amide bonds. The smallest absolute Gasteiger partial charge is 0.251 e. The van der Waals surface area contributed by atoms with Crippen LogP contribution in [0.2, 0.25) is 0 Å². The molecule has 1 aliphatic carbocycles. The van der Waals surface area contributed by atoms with Crippen LogP contribution in [0.15, 0.2) is 24.3 Å². The molecule has 2 aliphatic rings. The van der Waals surface area contributed by atoms with Crippen molar-refractivity contribution in [3.63, 3.8) is 0 Å². The Balaban J connectivity index is 1.62. The minimum absolute atomic E-state index is 0.140. The normalized spacial score (nSPS) is 26.4. The second kappa shape index (κ2) is 6.67. The van der Waals surface area contributed by atoms with Gasteiger partial charge in [-0.3, -0.25) is 4.79 Å². The molecular weight excluding hydrogens is 280 g/mol. The first-order valence-electron chi connectivity index (χ1n) is 8.12. The molecule has 1 aromatic carbocycles. The maximum absolute atomic E-state index is 12.3. The van der Waals surface area contributed by atoms with E-state index < -0.39 is 6.10 Å². The molecule has 1 saturated heterocycles. The predicted octanol–water partition coefficient (Wildman–Crippen LogP) is 1.36. The SMILES string of the molecule is O=C(N[C@H]1CN(CC2CC2)CCC[C@H]1O)c1ccc(O)cc1. The topological polar surface area (TPSA) is 72.8 Å². The molecule has 0 spiro atoms. The van der Waals surface area contributed by atoms with Crippen molar-refractivity contribution in [2.45, 2.75) is 37.8 Å². The molecule has 0 aromatic heterocycles. The molecule has 22 heavy (non-hydrogen) atoms. The predicted molar refractivity (Wildman–Crippen MR) is 83.8 cm³/mol. The lowest BCUT2D eigenvalue weighted by molar-refractivity contribution is 0.0799. The molecule has 5 nitrogen and oxygen atoms in total. The maximum Gasteiger partial charge on any atom is 0.251 e. The van der Waals surface area contributed by atoms with Gasteiger partial charge in [-0.25, -0.2) is 0 Å².